The van der Waals surface area contributed by atoms with Gasteiger partial charge in [0, 0.05) is 0 Å². The lowest BCUT2D eigenvalue weighted by atomic mass is 10.0. The maximum absolute atomic E-state index is 17.4. The minimum atomic E-state index is -2.30. The third-order valence-electron chi connectivity index (χ3n) is 9.34. The van der Waals surface area contributed by atoms with Crippen molar-refractivity contribution >= 4 is 25.4 Å². The summed E-state index contributed by atoms with van der Waals surface area (Å²) in [5, 5.41) is -0.0902. The number of benzene rings is 1. The Hall–Kier alpha value is -3.10. The second-order valence-corrected chi connectivity index (χ2v) is 22.0. The molecule has 2 fully saturated rings. The van der Waals surface area contributed by atoms with E-state index >= 15 is 4.39 Å². The molecule has 1 aromatic carbocycles. The first-order chi connectivity index (χ1) is 23.0. The minimum Gasteiger partial charge on any atom is -0.470 e. The predicted molar refractivity (Wildman–Crippen MR) is 191 cm³/mol. The fourth-order valence-electron chi connectivity index (χ4n) is 6.16. The number of amides is 1. The van der Waals surface area contributed by atoms with E-state index in [2.05, 4.69) is 43.8 Å². The van der Waals surface area contributed by atoms with Crippen molar-refractivity contribution in [2.45, 2.75) is 149 Å². The summed E-state index contributed by atoms with van der Waals surface area (Å²) in [6.45, 7) is 25.7. The molecule has 2 saturated heterocycles. The zero-order valence-electron chi connectivity index (χ0n) is 31.9. The number of ether oxygens (including phenoxy) is 5. The molecule has 0 N–H and O–H groups in total. The van der Waals surface area contributed by atoms with Crippen LogP contribution in [0.3, 0.4) is 0 Å². The monoisotopic (exact) mass is 714 g/mol. The Morgan fingerprint density at radius 1 is 0.960 bits per heavy atom. The molecule has 11 nitrogen and oxygen atoms in total. The van der Waals surface area contributed by atoms with E-state index < -0.39 is 61.6 Å². The van der Waals surface area contributed by atoms with Crippen molar-refractivity contribution in [1.82, 2.24) is 19.4 Å². The molecule has 13 heteroatoms. The highest BCUT2D eigenvalue weighted by atomic mass is 28.4. The van der Waals surface area contributed by atoms with Gasteiger partial charge in [0.05, 0.1) is 30.9 Å². The van der Waals surface area contributed by atoms with Crippen LogP contribution in [0.5, 0.6) is 5.88 Å². The predicted octanol–water partition coefficient (Wildman–Crippen LogP) is 8.12. The molecule has 3 aromatic rings. The van der Waals surface area contributed by atoms with Crippen molar-refractivity contribution in [1.29, 1.82) is 0 Å². The van der Waals surface area contributed by atoms with Crippen LogP contribution in [-0.4, -0.2) is 75.7 Å². The molecule has 0 saturated carbocycles. The van der Waals surface area contributed by atoms with Crippen LogP contribution in [0.4, 0.5) is 9.18 Å². The lowest BCUT2D eigenvalue weighted by Gasteiger charge is -2.39. The number of rotatable bonds is 9. The van der Waals surface area contributed by atoms with Crippen LogP contribution in [-0.2, 0) is 36.7 Å². The molecule has 2 aromatic heterocycles. The van der Waals surface area contributed by atoms with Crippen LogP contribution in [0.1, 0.15) is 93.3 Å². The van der Waals surface area contributed by atoms with Crippen LogP contribution in [0.25, 0.3) is 11.0 Å². The number of halogens is 1. The smallest absolute Gasteiger partial charge is 0.411 e. The summed E-state index contributed by atoms with van der Waals surface area (Å²) in [6, 6.07) is 7.99. The van der Waals surface area contributed by atoms with Crippen molar-refractivity contribution in [3.8, 4) is 5.88 Å². The zero-order chi connectivity index (χ0) is 37.0. The van der Waals surface area contributed by atoms with Crippen LogP contribution in [0, 0.1) is 5.95 Å². The Morgan fingerprint density at radius 2 is 1.60 bits per heavy atom. The molecule has 0 bridgehead atoms. The number of aromatic nitrogens is 3. The van der Waals surface area contributed by atoms with Gasteiger partial charge in [-0.3, -0.25) is 9.47 Å². The topological polar surface area (TPSA) is 106 Å². The Kier molecular flexibility index (Phi) is 10.3. The summed E-state index contributed by atoms with van der Waals surface area (Å²) in [7, 11) is -2.30. The number of hydrogen-bond acceptors (Lipinski definition) is 9. The Bertz CT molecular complexity index is 1680. The van der Waals surface area contributed by atoms with Gasteiger partial charge in [0.1, 0.15) is 47.5 Å². The SMILES string of the molecule is CC(C)(C)OC(=O)N1[C@H](CO[Si](C)(C)C(C)(C)C)C2OC(C)(C)OC2[C@@H]1c1c(F)n(COCc2ccccc2)c2c(OC(C)(C)C)ncnc12. The molecule has 2 aliphatic rings. The molecule has 4 atom stereocenters. The largest absolute Gasteiger partial charge is 0.470 e. The number of likely N-dealkylation sites (tertiary alicyclic amines) is 1. The second-order valence-electron chi connectivity index (χ2n) is 17.2. The first kappa shape index (κ1) is 38.1. The van der Waals surface area contributed by atoms with Crippen LogP contribution < -0.4 is 4.74 Å². The van der Waals surface area contributed by atoms with Crippen molar-refractivity contribution in [2.24, 2.45) is 0 Å². The van der Waals surface area contributed by atoms with E-state index in [0.717, 1.165) is 5.56 Å². The number of carbonyl (C=O) groups excluding carboxylic acids is 1. The van der Waals surface area contributed by atoms with Crippen LogP contribution in [0.15, 0.2) is 36.7 Å². The summed E-state index contributed by atoms with van der Waals surface area (Å²) < 4.78 is 56.9. The number of nitrogens with zero attached hydrogens (tertiary/aromatic N) is 4. The lowest BCUT2D eigenvalue weighted by Crippen LogP contribution is -2.50. The van der Waals surface area contributed by atoms with E-state index in [1.165, 1.54) is 10.9 Å². The van der Waals surface area contributed by atoms with Gasteiger partial charge in [-0.2, -0.15) is 9.37 Å². The maximum atomic E-state index is 17.4. The van der Waals surface area contributed by atoms with E-state index in [4.69, 9.17) is 28.1 Å². The fraction of sp³-hybridized carbons (Fsp3) is 0.649. The Labute approximate surface area is 296 Å². The molecule has 1 amide bonds. The van der Waals surface area contributed by atoms with E-state index in [9.17, 15) is 4.79 Å². The summed E-state index contributed by atoms with van der Waals surface area (Å²) in [5.74, 6) is -1.47. The van der Waals surface area contributed by atoms with Gasteiger partial charge < -0.3 is 28.1 Å². The molecule has 4 heterocycles. The van der Waals surface area contributed by atoms with Gasteiger partial charge in [-0.1, -0.05) is 51.1 Å². The van der Waals surface area contributed by atoms with E-state index in [1.807, 2.05) is 65.0 Å². The molecule has 0 radical (unpaired) electrons. The van der Waals surface area contributed by atoms with Crippen molar-refractivity contribution in [2.75, 3.05) is 6.61 Å². The third kappa shape index (κ3) is 8.01. The first-order valence-electron chi connectivity index (χ1n) is 17.3. The molecule has 2 unspecified atom stereocenters. The van der Waals surface area contributed by atoms with Crippen molar-refractivity contribution < 1.29 is 37.3 Å². The first-order valence-corrected chi connectivity index (χ1v) is 20.2. The molecular weight excluding hydrogens is 660 g/mol. The second kappa shape index (κ2) is 13.5. The maximum Gasteiger partial charge on any atom is 0.411 e. The molecule has 0 spiro atoms. The quantitative estimate of drug-likeness (QED) is 0.203. The standard InChI is InChI=1S/C37H55FN4O7Si/c1-34(2,3)48-32-28-26(39-21-40-32)25(31(38)41(28)22-44-19-23-17-15-14-16-18-23)27-30-29(46-37(10,11)47-30)24(20-45-50(12,13)36(7,8)9)42(27)33(43)49-35(4,5)6/h14-18,21,24,27,29-30H,19-20,22H2,1-13H3/t24-,27+,29?,30?/m1/s1. The van der Waals surface area contributed by atoms with E-state index in [0.29, 0.717) is 5.52 Å². The van der Waals surface area contributed by atoms with Crippen molar-refractivity contribution in [3.63, 3.8) is 0 Å². The van der Waals surface area contributed by atoms with E-state index in [-0.39, 0.29) is 41.9 Å². The third-order valence-corrected chi connectivity index (χ3v) is 13.8. The molecule has 5 rings (SSSR count). The molecule has 50 heavy (non-hydrogen) atoms. The fourth-order valence-corrected chi connectivity index (χ4v) is 7.18. The van der Waals surface area contributed by atoms with E-state index in [1.54, 1.807) is 25.7 Å². The van der Waals surface area contributed by atoms with Crippen molar-refractivity contribution in [3.05, 3.63) is 53.7 Å². The highest BCUT2D eigenvalue weighted by Gasteiger charge is 2.62. The highest BCUT2D eigenvalue weighted by Crippen LogP contribution is 2.51. The van der Waals surface area contributed by atoms with Gasteiger partial charge in [-0.15, -0.1) is 0 Å². The normalized spacial score (nSPS) is 22.6. The van der Waals surface area contributed by atoms with Gasteiger partial charge in [0.25, 0.3) is 0 Å². The summed E-state index contributed by atoms with van der Waals surface area (Å²) in [5.41, 5.74) is 0.169. The lowest BCUT2D eigenvalue weighted by molar-refractivity contribution is -0.168. The summed E-state index contributed by atoms with van der Waals surface area (Å²) in [6.07, 6.45) is -0.705. The molecule has 276 valence electrons. The average Bonchev–Trinajstić information content (AvgIpc) is 3.54. The Balaban J connectivity index is 1.68. The van der Waals surface area contributed by atoms with Gasteiger partial charge in [0.15, 0.2) is 14.1 Å². The van der Waals surface area contributed by atoms with Gasteiger partial charge >= 0.3 is 6.09 Å². The summed E-state index contributed by atoms with van der Waals surface area (Å²) >= 11 is 0. The highest BCUT2D eigenvalue weighted by molar-refractivity contribution is 6.74. The van der Waals surface area contributed by atoms with Crippen LogP contribution >= 0.6 is 0 Å². The van der Waals surface area contributed by atoms with Gasteiger partial charge in [-0.05, 0) is 79.1 Å². The molecule has 0 aliphatic carbocycles. The number of carbonyl (C=O) groups is 1. The zero-order valence-corrected chi connectivity index (χ0v) is 32.9. The average molecular weight is 715 g/mol. The number of hydrogen-bond donors (Lipinski definition) is 0. The Morgan fingerprint density at radius 3 is 2.20 bits per heavy atom. The summed E-state index contributed by atoms with van der Waals surface area (Å²) in [4.78, 5) is 24.9. The number of fused-ring (bicyclic) bond motifs is 2. The van der Waals surface area contributed by atoms with Gasteiger partial charge in [0.2, 0.25) is 11.8 Å². The molecule has 2 aliphatic heterocycles. The van der Waals surface area contributed by atoms with Gasteiger partial charge in [-0.25, -0.2) is 9.78 Å². The minimum absolute atomic E-state index is 0.0902. The van der Waals surface area contributed by atoms with Crippen LogP contribution in [0.2, 0.25) is 18.1 Å². The molecular formula is C37H55FN4O7Si.